The second-order valence-electron chi connectivity index (χ2n) is 4.51. The molecule has 0 aliphatic carbocycles. The van der Waals surface area contributed by atoms with E-state index in [0.29, 0.717) is 0 Å². The summed E-state index contributed by atoms with van der Waals surface area (Å²) in [6, 6.07) is 0. The van der Waals surface area contributed by atoms with Gasteiger partial charge in [-0.3, -0.25) is 0 Å². The van der Waals surface area contributed by atoms with Crippen molar-refractivity contribution in [2.45, 2.75) is 13.0 Å². The van der Waals surface area contributed by atoms with Crippen LogP contribution in [0.2, 0.25) is 0 Å². The molecule has 2 heterocycles. The summed E-state index contributed by atoms with van der Waals surface area (Å²) in [5, 5.41) is 3.41. The predicted molar refractivity (Wildman–Crippen MR) is 71.5 cm³/mol. The first-order chi connectivity index (χ1) is 8.68. The van der Waals surface area contributed by atoms with Gasteiger partial charge in [0.25, 0.3) is 0 Å². The lowest BCUT2D eigenvalue weighted by atomic mass is 10.3. The number of aromatic amines is 1. The van der Waals surface area contributed by atoms with Gasteiger partial charge in [0.15, 0.2) is 0 Å². The average Bonchev–Trinajstić information content (AvgIpc) is 2.95. The Morgan fingerprint density at radius 2 is 2.22 bits per heavy atom. The molecule has 0 bridgehead atoms. The summed E-state index contributed by atoms with van der Waals surface area (Å²) in [6.07, 6.45) is 6.44. The van der Waals surface area contributed by atoms with Crippen molar-refractivity contribution in [3.05, 3.63) is 30.1 Å². The van der Waals surface area contributed by atoms with Gasteiger partial charge in [-0.1, -0.05) is 0 Å². The normalized spacial score (nSPS) is 10.8. The average molecular weight is 248 g/mol. The number of rotatable bonds is 6. The van der Waals surface area contributed by atoms with E-state index in [4.69, 9.17) is 0 Å². The van der Waals surface area contributed by atoms with E-state index in [2.05, 4.69) is 24.8 Å². The largest absolute Gasteiger partial charge is 0.348 e. The first kappa shape index (κ1) is 12.6. The Labute approximate surface area is 107 Å². The number of nitrogens with one attached hydrogen (secondary N) is 2. The van der Waals surface area contributed by atoms with Gasteiger partial charge in [0, 0.05) is 52.5 Å². The van der Waals surface area contributed by atoms with Gasteiger partial charge in [-0.05, 0) is 0 Å². The molecule has 0 atom stereocenters. The highest BCUT2D eigenvalue weighted by molar-refractivity contribution is 5.30. The van der Waals surface area contributed by atoms with Crippen LogP contribution in [0.3, 0.4) is 0 Å². The number of imidazole rings is 2. The molecule has 0 spiro atoms. The van der Waals surface area contributed by atoms with Gasteiger partial charge in [-0.2, -0.15) is 0 Å². The van der Waals surface area contributed by atoms with Crippen LogP contribution in [0, 0.1) is 0 Å². The smallest absolute Gasteiger partial charge is 0.204 e. The van der Waals surface area contributed by atoms with Crippen LogP contribution in [-0.2, 0) is 20.0 Å². The molecule has 0 amide bonds. The zero-order valence-electron chi connectivity index (χ0n) is 11.1. The number of anilines is 1. The molecule has 2 aromatic rings. The van der Waals surface area contributed by atoms with E-state index >= 15 is 0 Å². The van der Waals surface area contributed by atoms with Crippen LogP contribution in [-0.4, -0.2) is 40.2 Å². The van der Waals surface area contributed by atoms with Crippen LogP contribution in [0.25, 0.3) is 0 Å². The second kappa shape index (κ2) is 5.68. The molecule has 0 aliphatic heterocycles. The molecule has 18 heavy (non-hydrogen) atoms. The molecule has 6 heteroatoms. The first-order valence-electron chi connectivity index (χ1n) is 6.04. The SMILES string of the molecule is CN(C)c1ncc(CNCCc2cnc[nH]2)n1C. The zero-order chi connectivity index (χ0) is 13.0. The minimum absolute atomic E-state index is 0.825. The standard InChI is InChI=1S/C12H20N6/c1-17(2)12-15-8-11(18(12)3)7-13-5-4-10-6-14-9-16-10/h6,8-9,13H,4-5,7H2,1-3H3,(H,14,16). The zero-order valence-corrected chi connectivity index (χ0v) is 11.1. The highest BCUT2D eigenvalue weighted by atomic mass is 15.3. The summed E-state index contributed by atoms with van der Waals surface area (Å²) in [4.78, 5) is 13.5. The van der Waals surface area contributed by atoms with Crippen LogP contribution in [0.5, 0.6) is 0 Å². The highest BCUT2D eigenvalue weighted by Crippen LogP contribution is 2.10. The van der Waals surface area contributed by atoms with Crippen molar-refractivity contribution >= 4 is 5.95 Å². The number of aromatic nitrogens is 4. The highest BCUT2D eigenvalue weighted by Gasteiger charge is 2.07. The Bertz CT molecular complexity index is 471. The number of hydrogen-bond acceptors (Lipinski definition) is 4. The Morgan fingerprint density at radius 1 is 1.39 bits per heavy atom. The van der Waals surface area contributed by atoms with Crippen LogP contribution in [0.15, 0.2) is 18.7 Å². The summed E-state index contributed by atoms with van der Waals surface area (Å²) >= 11 is 0. The van der Waals surface area contributed by atoms with E-state index in [1.165, 1.54) is 5.69 Å². The molecule has 0 radical (unpaired) electrons. The van der Waals surface area contributed by atoms with Gasteiger partial charge in [0.05, 0.1) is 18.2 Å². The molecule has 98 valence electrons. The lowest BCUT2D eigenvalue weighted by molar-refractivity contribution is 0.648. The molecule has 0 saturated carbocycles. The van der Waals surface area contributed by atoms with Crippen molar-refractivity contribution < 1.29 is 0 Å². The van der Waals surface area contributed by atoms with E-state index in [1.807, 2.05) is 38.4 Å². The summed E-state index contributed by atoms with van der Waals surface area (Å²) in [5.41, 5.74) is 2.34. The van der Waals surface area contributed by atoms with Gasteiger partial charge in [0.1, 0.15) is 0 Å². The molecular formula is C12H20N6. The van der Waals surface area contributed by atoms with Gasteiger partial charge < -0.3 is 19.8 Å². The van der Waals surface area contributed by atoms with Crippen molar-refractivity contribution in [2.24, 2.45) is 7.05 Å². The van der Waals surface area contributed by atoms with E-state index in [9.17, 15) is 0 Å². The van der Waals surface area contributed by atoms with E-state index < -0.39 is 0 Å². The molecule has 0 unspecified atom stereocenters. The fourth-order valence-corrected chi connectivity index (χ4v) is 1.87. The Morgan fingerprint density at radius 3 is 2.83 bits per heavy atom. The van der Waals surface area contributed by atoms with Crippen LogP contribution in [0.4, 0.5) is 5.95 Å². The molecule has 6 nitrogen and oxygen atoms in total. The molecule has 0 aromatic carbocycles. The van der Waals surface area contributed by atoms with E-state index in [1.54, 1.807) is 6.33 Å². The van der Waals surface area contributed by atoms with E-state index in [-0.39, 0.29) is 0 Å². The van der Waals surface area contributed by atoms with Gasteiger partial charge >= 0.3 is 0 Å². The third-order valence-corrected chi connectivity index (χ3v) is 2.89. The molecule has 2 N–H and O–H groups in total. The summed E-state index contributed by atoms with van der Waals surface area (Å²) in [6.45, 7) is 1.75. The number of nitrogens with zero attached hydrogens (tertiary/aromatic N) is 4. The monoisotopic (exact) mass is 248 g/mol. The number of hydrogen-bond donors (Lipinski definition) is 2. The van der Waals surface area contributed by atoms with Gasteiger partial charge in [-0.15, -0.1) is 0 Å². The Kier molecular flexibility index (Phi) is 3.99. The maximum Gasteiger partial charge on any atom is 0.204 e. The summed E-state index contributed by atoms with van der Waals surface area (Å²) < 4.78 is 2.10. The molecule has 0 saturated heterocycles. The topological polar surface area (TPSA) is 61.8 Å². The Balaban J connectivity index is 1.80. The van der Waals surface area contributed by atoms with Gasteiger partial charge in [0.2, 0.25) is 5.95 Å². The Hall–Kier alpha value is -1.82. The fourth-order valence-electron chi connectivity index (χ4n) is 1.87. The van der Waals surface area contributed by atoms with E-state index in [0.717, 1.165) is 31.2 Å². The maximum absolute atomic E-state index is 4.38. The number of H-pyrrole nitrogens is 1. The maximum atomic E-state index is 4.38. The van der Waals surface area contributed by atoms with Crippen LogP contribution < -0.4 is 10.2 Å². The summed E-state index contributed by atoms with van der Waals surface area (Å²) in [5.74, 6) is 0.973. The van der Waals surface area contributed by atoms with Crippen molar-refractivity contribution in [1.82, 2.24) is 24.8 Å². The third-order valence-electron chi connectivity index (χ3n) is 2.89. The minimum atomic E-state index is 0.825. The first-order valence-corrected chi connectivity index (χ1v) is 6.04. The molecule has 0 fully saturated rings. The van der Waals surface area contributed by atoms with Crippen molar-refractivity contribution in [3.63, 3.8) is 0 Å². The van der Waals surface area contributed by atoms with Crippen LogP contribution >= 0.6 is 0 Å². The minimum Gasteiger partial charge on any atom is -0.348 e. The third kappa shape index (κ3) is 2.89. The molecular weight excluding hydrogens is 228 g/mol. The molecule has 0 aliphatic rings. The van der Waals surface area contributed by atoms with Gasteiger partial charge in [-0.25, -0.2) is 9.97 Å². The summed E-state index contributed by atoms with van der Waals surface area (Å²) in [7, 11) is 6.03. The molecule has 2 rings (SSSR count). The predicted octanol–water partition coefficient (Wildman–Crippen LogP) is 0.541. The quantitative estimate of drug-likeness (QED) is 0.733. The van der Waals surface area contributed by atoms with Crippen molar-refractivity contribution in [1.29, 1.82) is 0 Å². The second-order valence-corrected chi connectivity index (χ2v) is 4.51. The fraction of sp³-hybridized carbons (Fsp3) is 0.500. The van der Waals surface area contributed by atoms with Crippen molar-refractivity contribution in [2.75, 3.05) is 25.5 Å². The lowest BCUT2D eigenvalue weighted by Crippen LogP contribution is -2.20. The van der Waals surface area contributed by atoms with Crippen molar-refractivity contribution in [3.8, 4) is 0 Å². The molecule has 2 aromatic heterocycles. The lowest BCUT2D eigenvalue weighted by Gasteiger charge is -2.12. The van der Waals surface area contributed by atoms with Crippen LogP contribution in [0.1, 0.15) is 11.4 Å².